The number of rotatable bonds is 5. The number of halogens is 1. The highest BCUT2D eigenvalue weighted by Gasteiger charge is 2.04. The molecular formula is C20H18ClNO6. The molecule has 0 aliphatic rings. The molecule has 28 heavy (non-hydrogen) atoms. The van der Waals surface area contributed by atoms with E-state index in [1.165, 1.54) is 0 Å². The average Bonchev–Trinajstić information content (AvgIpc) is 2.67. The van der Waals surface area contributed by atoms with E-state index in [2.05, 4.69) is 11.1 Å². The molecule has 0 bridgehead atoms. The van der Waals surface area contributed by atoms with Gasteiger partial charge in [0.15, 0.2) is 0 Å². The first-order valence-corrected chi connectivity index (χ1v) is 8.58. The second-order valence-electron chi connectivity index (χ2n) is 5.54. The quantitative estimate of drug-likeness (QED) is 0.492. The fraction of sp³-hybridized carbons (Fsp3) is 0.150. The largest absolute Gasteiger partial charge is 0.490 e. The highest BCUT2D eigenvalue weighted by atomic mass is 35.5. The molecule has 0 aliphatic heterocycles. The third-order valence-electron chi connectivity index (χ3n) is 3.43. The molecule has 3 aromatic rings. The summed E-state index contributed by atoms with van der Waals surface area (Å²) in [6.07, 6.45) is 0. The minimum absolute atomic E-state index is 0.456. The summed E-state index contributed by atoms with van der Waals surface area (Å²) in [6.45, 7) is 2.89. The number of nitrogens with zero attached hydrogens (tertiary/aromatic N) is 1. The van der Waals surface area contributed by atoms with Crippen molar-refractivity contribution in [2.45, 2.75) is 6.92 Å². The van der Waals surface area contributed by atoms with Crippen molar-refractivity contribution in [3.8, 4) is 11.5 Å². The molecule has 0 atom stereocenters. The summed E-state index contributed by atoms with van der Waals surface area (Å²) in [5.41, 5.74) is 1.86. The number of ether oxygens (including phenoxy) is 2. The van der Waals surface area contributed by atoms with Gasteiger partial charge in [-0.15, -0.1) is 0 Å². The van der Waals surface area contributed by atoms with E-state index in [0.717, 1.165) is 28.1 Å². The number of aromatic nitrogens is 1. The van der Waals surface area contributed by atoms with Gasteiger partial charge in [0.25, 0.3) is 0 Å². The molecule has 3 rings (SSSR count). The zero-order chi connectivity index (χ0) is 20.5. The van der Waals surface area contributed by atoms with Crippen LogP contribution in [0.4, 0.5) is 0 Å². The third kappa shape index (κ3) is 6.44. The van der Waals surface area contributed by atoms with E-state index < -0.39 is 11.9 Å². The highest BCUT2D eigenvalue weighted by Crippen LogP contribution is 2.24. The second kappa shape index (κ2) is 10.1. The normalized spacial score (nSPS) is 9.93. The number of carboxylic acid groups (broad SMARTS) is 2. The van der Waals surface area contributed by atoms with Gasteiger partial charge >= 0.3 is 11.9 Å². The topological polar surface area (TPSA) is 106 Å². The lowest BCUT2D eigenvalue weighted by Gasteiger charge is -2.10. The van der Waals surface area contributed by atoms with Crippen molar-refractivity contribution in [2.24, 2.45) is 0 Å². The summed E-state index contributed by atoms with van der Waals surface area (Å²) in [5.74, 6) is -2.09. The Kier molecular flexibility index (Phi) is 7.59. The predicted molar refractivity (Wildman–Crippen MR) is 104 cm³/mol. The zero-order valence-corrected chi connectivity index (χ0v) is 15.7. The van der Waals surface area contributed by atoms with Crippen LogP contribution in [0.15, 0.2) is 54.6 Å². The number of pyridine rings is 1. The van der Waals surface area contributed by atoms with Crippen LogP contribution >= 0.6 is 11.6 Å². The van der Waals surface area contributed by atoms with E-state index >= 15 is 0 Å². The molecule has 0 spiro atoms. The number of benzene rings is 2. The number of hydrogen-bond acceptors (Lipinski definition) is 5. The fourth-order valence-electron chi connectivity index (χ4n) is 2.18. The number of fused-ring (bicyclic) bond motifs is 1. The van der Waals surface area contributed by atoms with E-state index in [-0.39, 0.29) is 0 Å². The van der Waals surface area contributed by atoms with Crippen LogP contribution in [0, 0.1) is 6.92 Å². The molecule has 2 aromatic carbocycles. The summed E-state index contributed by atoms with van der Waals surface area (Å²) in [6, 6.07) is 17.2. The number of aliphatic carboxylic acids is 2. The van der Waals surface area contributed by atoms with Gasteiger partial charge in [0.05, 0.1) is 0 Å². The Bertz CT molecular complexity index is 947. The Morgan fingerprint density at radius 2 is 1.57 bits per heavy atom. The minimum Gasteiger partial charge on any atom is -0.490 e. The number of para-hydroxylation sites is 1. The molecule has 8 heteroatoms. The summed E-state index contributed by atoms with van der Waals surface area (Å²) >= 11 is 5.83. The van der Waals surface area contributed by atoms with E-state index in [1.54, 1.807) is 12.1 Å². The molecule has 0 radical (unpaired) electrons. The first kappa shape index (κ1) is 21.0. The van der Waals surface area contributed by atoms with Crippen LogP contribution in [0.25, 0.3) is 10.9 Å². The monoisotopic (exact) mass is 403 g/mol. The summed E-state index contributed by atoms with van der Waals surface area (Å²) in [5, 5.41) is 16.5. The van der Waals surface area contributed by atoms with Crippen molar-refractivity contribution in [2.75, 3.05) is 13.2 Å². The molecule has 146 valence electrons. The smallest absolute Gasteiger partial charge is 0.414 e. The van der Waals surface area contributed by atoms with Crippen molar-refractivity contribution >= 4 is 34.4 Å². The van der Waals surface area contributed by atoms with Crippen LogP contribution in [0.2, 0.25) is 5.02 Å². The molecule has 1 aromatic heterocycles. The predicted octanol–water partition coefficient (Wildman–Crippen LogP) is 3.81. The summed E-state index contributed by atoms with van der Waals surface area (Å²) < 4.78 is 11.4. The van der Waals surface area contributed by atoms with Gasteiger partial charge in [0.1, 0.15) is 30.2 Å². The standard InChI is InChI=1S/C18H16ClNO2.C2H2O4/c1-13-5-6-14-3-2-4-17(18(14)20-13)22-12-11-21-16-9-7-15(19)8-10-16;3-1(4)2(5)6/h2-10H,11-12H2,1H3;(H,3,4)(H,5,6). The maximum atomic E-state index is 9.10. The highest BCUT2D eigenvalue weighted by molar-refractivity contribution is 6.30. The van der Waals surface area contributed by atoms with Crippen LogP contribution in [0.3, 0.4) is 0 Å². The van der Waals surface area contributed by atoms with Crippen molar-refractivity contribution in [3.63, 3.8) is 0 Å². The van der Waals surface area contributed by atoms with Crippen LogP contribution in [-0.4, -0.2) is 40.3 Å². The SMILES string of the molecule is Cc1ccc2cccc(OCCOc3ccc(Cl)cc3)c2n1.O=C(O)C(=O)O. The van der Waals surface area contributed by atoms with Crippen molar-refractivity contribution in [1.82, 2.24) is 4.98 Å². The molecule has 7 nitrogen and oxygen atoms in total. The van der Waals surface area contributed by atoms with Crippen LogP contribution in [0.5, 0.6) is 11.5 Å². The van der Waals surface area contributed by atoms with Gasteiger partial charge in [0.2, 0.25) is 0 Å². The van der Waals surface area contributed by atoms with E-state index in [9.17, 15) is 0 Å². The number of aryl methyl sites for hydroxylation is 1. The molecule has 0 fully saturated rings. The van der Waals surface area contributed by atoms with Gasteiger partial charge in [0, 0.05) is 16.1 Å². The molecule has 0 saturated carbocycles. The Morgan fingerprint density at radius 1 is 0.929 bits per heavy atom. The molecule has 1 heterocycles. The maximum Gasteiger partial charge on any atom is 0.414 e. The van der Waals surface area contributed by atoms with Crippen LogP contribution < -0.4 is 9.47 Å². The van der Waals surface area contributed by atoms with Gasteiger partial charge in [-0.2, -0.15) is 0 Å². The average molecular weight is 404 g/mol. The molecule has 0 saturated heterocycles. The lowest BCUT2D eigenvalue weighted by Crippen LogP contribution is -2.09. The van der Waals surface area contributed by atoms with Gasteiger partial charge in [-0.25, -0.2) is 14.6 Å². The first-order valence-electron chi connectivity index (χ1n) is 8.20. The molecular weight excluding hydrogens is 386 g/mol. The molecule has 0 amide bonds. The van der Waals surface area contributed by atoms with Gasteiger partial charge in [-0.1, -0.05) is 29.8 Å². The molecule has 0 unspecified atom stereocenters. The first-order chi connectivity index (χ1) is 13.4. The summed E-state index contributed by atoms with van der Waals surface area (Å²) in [4.78, 5) is 22.7. The second-order valence-corrected chi connectivity index (χ2v) is 5.98. The Labute approximate surface area is 166 Å². The van der Waals surface area contributed by atoms with E-state index in [4.69, 9.17) is 40.9 Å². The van der Waals surface area contributed by atoms with Crippen molar-refractivity contribution < 1.29 is 29.3 Å². The molecule has 2 N–H and O–H groups in total. The van der Waals surface area contributed by atoms with E-state index in [1.807, 2.05) is 43.3 Å². The Hall–Kier alpha value is -3.32. The number of carbonyl (C=O) groups is 2. The zero-order valence-electron chi connectivity index (χ0n) is 15.0. The van der Waals surface area contributed by atoms with Crippen molar-refractivity contribution in [1.29, 1.82) is 0 Å². The van der Waals surface area contributed by atoms with Crippen molar-refractivity contribution in [3.05, 3.63) is 65.3 Å². The van der Waals surface area contributed by atoms with Gasteiger partial charge in [-0.05, 0) is 43.3 Å². The fourth-order valence-corrected chi connectivity index (χ4v) is 2.30. The van der Waals surface area contributed by atoms with E-state index in [0.29, 0.717) is 18.2 Å². The Balaban J connectivity index is 0.000000409. The van der Waals surface area contributed by atoms with Crippen LogP contribution in [-0.2, 0) is 9.59 Å². The minimum atomic E-state index is -1.82. The third-order valence-corrected chi connectivity index (χ3v) is 3.68. The molecule has 0 aliphatic carbocycles. The van der Waals surface area contributed by atoms with Crippen LogP contribution in [0.1, 0.15) is 5.69 Å². The Morgan fingerprint density at radius 3 is 2.21 bits per heavy atom. The maximum absolute atomic E-state index is 9.10. The lowest BCUT2D eigenvalue weighted by atomic mass is 10.2. The number of carboxylic acids is 2. The van der Waals surface area contributed by atoms with Gasteiger partial charge < -0.3 is 19.7 Å². The van der Waals surface area contributed by atoms with Gasteiger partial charge in [-0.3, -0.25) is 0 Å². The number of hydrogen-bond donors (Lipinski definition) is 2. The lowest BCUT2D eigenvalue weighted by molar-refractivity contribution is -0.159. The summed E-state index contributed by atoms with van der Waals surface area (Å²) in [7, 11) is 0.